The molecule has 3 aromatic carbocycles. The van der Waals surface area contributed by atoms with Crippen LogP contribution in [0.15, 0.2) is 70.2 Å². The molecule has 0 saturated carbocycles. The molecule has 0 radical (unpaired) electrons. The van der Waals surface area contributed by atoms with Crippen molar-refractivity contribution < 1.29 is 14.2 Å². The first-order valence-corrected chi connectivity index (χ1v) is 11.0. The molecule has 162 valence electrons. The van der Waals surface area contributed by atoms with E-state index in [1.807, 2.05) is 67.6 Å². The molecule has 0 aliphatic heterocycles. The number of ether oxygens (including phenoxy) is 3. The van der Waals surface area contributed by atoms with Crippen molar-refractivity contribution in [3.05, 3.63) is 86.8 Å². The SMILES string of the molecule is CCOc1cc(/C=N\NCc2ccccc2OC)cc(Br)c1OCc1ccccc1Cl. The first-order chi connectivity index (χ1) is 15.1. The summed E-state index contributed by atoms with van der Waals surface area (Å²) in [6.07, 6.45) is 1.74. The van der Waals surface area contributed by atoms with Crippen LogP contribution in [0, 0.1) is 0 Å². The first-order valence-electron chi connectivity index (χ1n) is 9.82. The largest absolute Gasteiger partial charge is 0.496 e. The van der Waals surface area contributed by atoms with Crippen molar-refractivity contribution in [3.8, 4) is 17.2 Å². The van der Waals surface area contributed by atoms with E-state index in [0.29, 0.717) is 36.3 Å². The standard InChI is InChI=1S/C24H24BrClN2O3/c1-3-30-23-13-17(14-27-28-15-18-8-5-7-11-22(18)29-2)12-20(25)24(23)31-16-19-9-4-6-10-21(19)26/h4-14,28H,3,15-16H2,1-2H3/b27-14-. The maximum atomic E-state index is 6.24. The number of nitrogens with one attached hydrogen (secondary N) is 1. The summed E-state index contributed by atoms with van der Waals surface area (Å²) in [5.74, 6) is 2.09. The van der Waals surface area contributed by atoms with Gasteiger partial charge in [-0.2, -0.15) is 5.10 Å². The monoisotopic (exact) mass is 502 g/mol. The lowest BCUT2D eigenvalue weighted by atomic mass is 10.2. The molecule has 1 N–H and O–H groups in total. The van der Waals surface area contributed by atoms with Crippen LogP contribution in [0.2, 0.25) is 5.02 Å². The van der Waals surface area contributed by atoms with Gasteiger partial charge in [-0.15, -0.1) is 0 Å². The molecule has 0 aliphatic carbocycles. The molecule has 0 saturated heterocycles. The second kappa shape index (κ2) is 11.6. The lowest BCUT2D eigenvalue weighted by Crippen LogP contribution is -2.07. The van der Waals surface area contributed by atoms with Crippen LogP contribution in [0.1, 0.15) is 23.6 Å². The van der Waals surface area contributed by atoms with Crippen LogP contribution in [0.3, 0.4) is 0 Å². The summed E-state index contributed by atoms with van der Waals surface area (Å²) in [6, 6.07) is 19.3. The van der Waals surface area contributed by atoms with Crippen LogP contribution in [0.4, 0.5) is 0 Å². The van der Waals surface area contributed by atoms with Crippen molar-refractivity contribution in [3.63, 3.8) is 0 Å². The van der Waals surface area contributed by atoms with Gasteiger partial charge in [0.1, 0.15) is 12.4 Å². The van der Waals surface area contributed by atoms with Gasteiger partial charge in [0.05, 0.1) is 30.9 Å². The fraction of sp³-hybridized carbons (Fsp3) is 0.208. The molecule has 0 aromatic heterocycles. The molecule has 3 rings (SSSR count). The Kier molecular flexibility index (Phi) is 8.62. The smallest absolute Gasteiger partial charge is 0.175 e. The molecule has 0 aliphatic rings. The Morgan fingerprint density at radius 3 is 2.48 bits per heavy atom. The highest BCUT2D eigenvalue weighted by Gasteiger charge is 2.13. The number of nitrogens with zero attached hydrogens (tertiary/aromatic N) is 1. The van der Waals surface area contributed by atoms with Gasteiger partial charge in [-0.1, -0.05) is 48.0 Å². The minimum Gasteiger partial charge on any atom is -0.496 e. The molecule has 5 nitrogen and oxygen atoms in total. The van der Waals surface area contributed by atoms with Crippen molar-refractivity contribution in [2.24, 2.45) is 5.10 Å². The van der Waals surface area contributed by atoms with Gasteiger partial charge in [-0.05, 0) is 52.7 Å². The van der Waals surface area contributed by atoms with Crippen LogP contribution in [0.25, 0.3) is 0 Å². The van der Waals surface area contributed by atoms with Gasteiger partial charge in [0.15, 0.2) is 11.5 Å². The normalized spacial score (nSPS) is 10.8. The molecule has 3 aromatic rings. The number of methoxy groups -OCH3 is 1. The third-order valence-electron chi connectivity index (χ3n) is 4.43. The van der Waals surface area contributed by atoms with E-state index in [1.54, 1.807) is 13.3 Å². The minimum absolute atomic E-state index is 0.340. The maximum Gasteiger partial charge on any atom is 0.175 e. The summed E-state index contributed by atoms with van der Waals surface area (Å²) in [5, 5.41) is 4.99. The highest BCUT2D eigenvalue weighted by molar-refractivity contribution is 9.10. The number of hydrogen-bond donors (Lipinski definition) is 1. The van der Waals surface area contributed by atoms with Gasteiger partial charge >= 0.3 is 0 Å². The van der Waals surface area contributed by atoms with E-state index in [1.165, 1.54) is 0 Å². The second-order valence-electron chi connectivity index (χ2n) is 6.55. The topological polar surface area (TPSA) is 52.1 Å². The van der Waals surface area contributed by atoms with Crippen molar-refractivity contribution in [1.82, 2.24) is 5.43 Å². The predicted molar refractivity (Wildman–Crippen MR) is 129 cm³/mol. The fourth-order valence-corrected chi connectivity index (χ4v) is 3.70. The van der Waals surface area contributed by atoms with E-state index in [2.05, 4.69) is 26.5 Å². The van der Waals surface area contributed by atoms with Gasteiger partial charge in [-0.3, -0.25) is 0 Å². The summed E-state index contributed by atoms with van der Waals surface area (Å²) < 4.78 is 17.9. The first kappa shape index (κ1) is 23.0. The Balaban J connectivity index is 1.70. The second-order valence-corrected chi connectivity index (χ2v) is 7.81. The van der Waals surface area contributed by atoms with Crippen LogP contribution in [0.5, 0.6) is 17.2 Å². The lowest BCUT2D eigenvalue weighted by molar-refractivity contribution is 0.267. The van der Waals surface area contributed by atoms with E-state index in [0.717, 1.165) is 26.9 Å². The van der Waals surface area contributed by atoms with Gasteiger partial charge in [-0.25, -0.2) is 0 Å². The fourth-order valence-electron chi connectivity index (χ4n) is 2.93. The van der Waals surface area contributed by atoms with E-state index in [-0.39, 0.29) is 0 Å². The van der Waals surface area contributed by atoms with Crippen LogP contribution >= 0.6 is 27.5 Å². The average Bonchev–Trinajstić information content (AvgIpc) is 2.77. The number of para-hydroxylation sites is 1. The van der Waals surface area contributed by atoms with Gasteiger partial charge in [0, 0.05) is 16.1 Å². The van der Waals surface area contributed by atoms with E-state index >= 15 is 0 Å². The average molecular weight is 504 g/mol. The van der Waals surface area contributed by atoms with Gasteiger partial charge in [0.2, 0.25) is 0 Å². The van der Waals surface area contributed by atoms with Crippen molar-refractivity contribution in [2.45, 2.75) is 20.1 Å². The summed E-state index contributed by atoms with van der Waals surface area (Å²) in [4.78, 5) is 0. The van der Waals surface area contributed by atoms with Crippen molar-refractivity contribution in [2.75, 3.05) is 13.7 Å². The summed E-state index contributed by atoms with van der Waals surface area (Å²) in [5.41, 5.74) is 5.86. The van der Waals surface area contributed by atoms with E-state index in [9.17, 15) is 0 Å². The Morgan fingerprint density at radius 2 is 1.74 bits per heavy atom. The Labute approximate surface area is 196 Å². The maximum absolute atomic E-state index is 6.24. The number of hydrazone groups is 1. The summed E-state index contributed by atoms with van der Waals surface area (Å²) >= 11 is 9.82. The molecule has 0 spiro atoms. The van der Waals surface area contributed by atoms with Crippen LogP contribution < -0.4 is 19.6 Å². The lowest BCUT2D eigenvalue weighted by Gasteiger charge is -2.15. The predicted octanol–water partition coefficient (Wildman–Crippen LogP) is 6.21. The number of benzene rings is 3. The van der Waals surface area contributed by atoms with Crippen LogP contribution in [-0.2, 0) is 13.2 Å². The zero-order chi connectivity index (χ0) is 22.1. The zero-order valence-corrected chi connectivity index (χ0v) is 19.7. The van der Waals surface area contributed by atoms with E-state index < -0.39 is 0 Å². The molecule has 0 atom stereocenters. The van der Waals surface area contributed by atoms with E-state index in [4.69, 9.17) is 25.8 Å². The summed E-state index contributed by atoms with van der Waals surface area (Å²) in [7, 11) is 1.66. The highest BCUT2D eigenvalue weighted by Crippen LogP contribution is 2.37. The molecular formula is C24H24BrClN2O3. The van der Waals surface area contributed by atoms with Crippen molar-refractivity contribution >= 4 is 33.7 Å². The zero-order valence-electron chi connectivity index (χ0n) is 17.4. The van der Waals surface area contributed by atoms with Gasteiger partial charge < -0.3 is 19.6 Å². The molecule has 0 unspecified atom stereocenters. The molecular weight excluding hydrogens is 480 g/mol. The molecule has 7 heteroatoms. The highest BCUT2D eigenvalue weighted by atomic mass is 79.9. The third-order valence-corrected chi connectivity index (χ3v) is 5.39. The number of halogens is 2. The molecule has 0 heterocycles. The van der Waals surface area contributed by atoms with Gasteiger partial charge in [0.25, 0.3) is 0 Å². The number of rotatable bonds is 10. The molecule has 31 heavy (non-hydrogen) atoms. The summed E-state index contributed by atoms with van der Waals surface area (Å²) in [6.45, 7) is 3.34. The van der Waals surface area contributed by atoms with Crippen molar-refractivity contribution in [1.29, 1.82) is 0 Å². The Morgan fingerprint density at radius 1 is 1.00 bits per heavy atom. The van der Waals surface area contributed by atoms with Crippen LogP contribution in [-0.4, -0.2) is 19.9 Å². The number of hydrogen-bond acceptors (Lipinski definition) is 5. The minimum atomic E-state index is 0.340. The molecule has 0 bridgehead atoms. The molecule has 0 amide bonds. The third kappa shape index (κ3) is 6.39. The Hall–Kier alpha value is -2.70. The molecule has 0 fully saturated rings. The Bertz CT molecular complexity index is 1040. The quantitative estimate of drug-likeness (QED) is 0.264.